The molecule has 2 heterocycles. The molecule has 3 rings (SSSR count). The molecule has 0 spiro atoms. The van der Waals surface area contributed by atoms with Gasteiger partial charge in [0.05, 0.1) is 0 Å². The van der Waals surface area contributed by atoms with Crippen molar-refractivity contribution < 1.29 is 9.87 Å². The number of nitrogens with zero attached hydrogens (tertiary/aromatic N) is 6. The van der Waals surface area contributed by atoms with Crippen LogP contribution in [0.3, 0.4) is 0 Å². The lowest BCUT2D eigenvalue weighted by molar-refractivity contribution is -0.486. The van der Waals surface area contributed by atoms with Crippen molar-refractivity contribution in [2.45, 2.75) is 13.2 Å². The van der Waals surface area contributed by atoms with Gasteiger partial charge in [-0.1, -0.05) is 46.6 Å². The van der Waals surface area contributed by atoms with Gasteiger partial charge in [-0.05, 0) is 29.3 Å². The van der Waals surface area contributed by atoms with Gasteiger partial charge in [0.1, 0.15) is 23.2 Å². The highest BCUT2D eigenvalue weighted by Gasteiger charge is 2.29. The van der Waals surface area contributed by atoms with Crippen molar-refractivity contribution in [1.29, 1.82) is 0 Å². The molecule has 1 aromatic carbocycles. The Morgan fingerprint density at radius 1 is 1.18 bits per heavy atom. The third-order valence-electron chi connectivity index (χ3n) is 3.89. The average Bonchev–Trinajstić information content (AvgIpc) is 3.03. The Morgan fingerprint density at radius 2 is 1.93 bits per heavy atom. The lowest BCUT2D eigenvalue weighted by Gasteiger charge is -2.17. The minimum Gasteiger partial charge on any atom is -0.390 e. The molecule has 0 amide bonds. The summed E-state index contributed by atoms with van der Waals surface area (Å²) < 4.78 is 0. The summed E-state index contributed by atoms with van der Waals surface area (Å²) >= 11 is 11.6. The molecule has 11 heteroatoms. The van der Waals surface area contributed by atoms with Gasteiger partial charge in [-0.25, -0.2) is 15.1 Å². The summed E-state index contributed by atoms with van der Waals surface area (Å²) in [5, 5.41) is 18.6. The number of pyridine rings is 1. The van der Waals surface area contributed by atoms with Gasteiger partial charge in [0.15, 0.2) is 5.03 Å². The van der Waals surface area contributed by atoms with E-state index in [-0.39, 0.29) is 12.6 Å². The molecule has 1 fully saturated rings. The predicted octanol–water partition coefficient (Wildman–Crippen LogP) is 3.21. The van der Waals surface area contributed by atoms with Gasteiger partial charge in [-0.3, -0.25) is 4.90 Å². The maximum atomic E-state index is 10.9. The lowest BCUT2D eigenvalue weighted by atomic mass is 10.2. The standard InChI is InChI=1S/C17H16Cl2N6O3/c18-15-4-1-13(2-5-15)11-28-21-12-24-8-7-23(17(24)22-25(26)27)10-14-3-6-16(19)20-9-14/h1-6,9,12H,7-8,10-11H2. The highest BCUT2D eigenvalue weighted by molar-refractivity contribution is 6.30. The minimum absolute atomic E-state index is 0.179. The Morgan fingerprint density at radius 3 is 2.61 bits per heavy atom. The fourth-order valence-corrected chi connectivity index (χ4v) is 2.80. The second kappa shape index (κ2) is 9.34. The quantitative estimate of drug-likeness (QED) is 0.223. The number of aromatic nitrogens is 1. The number of hydrogen-bond donors (Lipinski definition) is 0. The van der Waals surface area contributed by atoms with Crippen molar-refractivity contribution in [1.82, 2.24) is 14.8 Å². The average molecular weight is 423 g/mol. The fraction of sp³-hybridized carbons (Fsp3) is 0.235. The summed E-state index contributed by atoms with van der Waals surface area (Å²) in [5.41, 5.74) is 1.76. The largest absolute Gasteiger partial charge is 0.390 e. The molecule has 0 N–H and O–H groups in total. The first-order chi connectivity index (χ1) is 13.5. The Kier molecular flexibility index (Phi) is 6.62. The minimum atomic E-state index is -0.733. The molecule has 9 nitrogen and oxygen atoms in total. The monoisotopic (exact) mass is 422 g/mol. The summed E-state index contributed by atoms with van der Waals surface area (Å²) in [6, 6.07) is 10.7. The summed E-state index contributed by atoms with van der Waals surface area (Å²) in [4.78, 5) is 23.5. The first-order valence-corrected chi connectivity index (χ1v) is 9.02. The van der Waals surface area contributed by atoms with E-state index in [0.29, 0.717) is 29.8 Å². The molecule has 146 valence electrons. The molecule has 28 heavy (non-hydrogen) atoms. The van der Waals surface area contributed by atoms with Crippen LogP contribution in [-0.4, -0.2) is 45.2 Å². The van der Waals surface area contributed by atoms with E-state index in [0.717, 1.165) is 11.1 Å². The third kappa shape index (κ3) is 5.54. The molecule has 1 aliphatic rings. The Bertz CT molecular complexity index is 873. The van der Waals surface area contributed by atoms with E-state index in [1.807, 2.05) is 18.2 Å². The number of benzene rings is 1. The van der Waals surface area contributed by atoms with E-state index in [9.17, 15) is 10.1 Å². The van der Waals surface area contributed by atoms with Crippen LogP contribution in [0.1, 0.15) is 11.1 Å². The summed E-state index contributed by atoms with van der Waals surface area (Å²) in [6.07, 6.45) is 3.01. The molecule has 0 atom stereocenters. The molecule has 0 saturated carbocycles. The number of guanidine groups is 1. The topological polar surface area (TPSA) is 96.5 Å². The van der Waals surface area contributed by atoms with Crippen molar-refractivity contribution in [2.24, 2.45) is 10.3 Å². The number of nitro groups is 1. The zero-order chi connectivity index (χ0) is 19.9. The van der Waals surface area contributed by atoms with E-state index in [4.69, 9.17) is 28.0 Å². The molecule has 1 saturated heterocycles. The molecule has 0 aliphatic carbocycles. The number of rotatable bonds is 7. The van der Waals surface area contributed by atoms with Crippen LogP contribution >= 0.6 is 23.2 Å². The van der Waals surface area contributed by atoms with Gasteiger partial charge >= 0.3 is 0 Å². The molecular formula is C17H16Cl2N6O3. The van der Waals surface area contributed by atoms with Gasteiger partial charge in [0, 0.05) is 30.9 Å². The SMILES string of the molecule is O=[N+]([O-])N=C1N(C=NOCc2ccc(Cl)cc2)CCN1Cc1ccc(Cl)nc1. The molecular weight excluding hydrogens is 407 g/mol. The van der Waals surface area contributed by atoms with E-state index in [2.05, 4.69) is 15.2 Å². The van der Waals surface area contributed by atoms with Gasteiger partial charge < -0.3 is 9.74 Å². The summed E-state index contributed by atoms with van der Waals surface area (Å²) in [6.45, 7) is 1.69. The van der Waals surface area contributed by atoms with E-state index < -0.39 is 5.03 Å². The molecule has 1 aromatic heterocycles. The number of halogens is 2. The fourth-order valence-electron chi connectivity index (χ4n) is 2.57. The highest BCUT2D eigenvalue weighted by Crippen LogP contribution is 2.14. The second-order valence-electron chi connectivity index (χ2n) is 5.86. The highest BCUT2D eigenvalue weighted by atomic mass is 35.5. The van der Waals surface area contributed by atoms with Crippen molar-refractivity contribution in [2.75, 3.05) is 13.1 Å². The maximum Gasteiger partial charge on any atom is 0.279 e. The van der Waals surface area contributed by atoms with E-state index in [1.54, 1.807) is 34.2 Å². The van der Waals surface area contributed by atoms with Gasteiger partial charge in [0.2, 0.25) is 0 Å². The summed E-state index contributed by atoms with van der Waals surface area (Å²) in [5.74, 6) is 0.179. The normalized spacial score (nSPS) is 15.6. The zero-order valence-corrected chi connectivity index (χ0v) is 16.1. The number of hydrazone groups is 1. The number of hydrogen-bond acceptors (Lipinski definition) is 5. The van der Waals surface area contributed by atoms with Crippen molar-refractivity contribution in [3.05, 3.63) is 74.0 Å². The maximum absolute atomic E-state index is 10.9. The second-order valence-corrected chi connectivity index (χ2v) is 6.69. The molecule has 0 radical (unpaired) electrons. The van der Waals surface area contributed by atoms with Crippen LogP contribution in [-0.2, 0) is 18.0 Å². The molecule has 0 bridgehead atoms. The Labute approximate surface area is 170 Å². The van der Waals surface area contributed by atoms with Crippen LogP contribution in [0.2, 0.25) is 10.2 Å². The first-order valence-electron chi connectivity index (χ1n) is 8.26. The number of oxime groups is 1. The van der Waals surface area contributed by atoms with Crippen LogP contribution in [0.25, 0.3) is 0 Å². The summed E-state index contributed by atoms with van der Waals surface area (Å²) in [7, 11) is 0. The van der Waals surface area contributed by atoms with Crippen LogP contribution in [0.15, 0.2) is 52.9 Å². The van der Waals surface area contributed by atoms with Crippen LogP contribution in [0, 0.1) is 10.1 Å². The van der Waals surface area contributed by atoms with Crippen molar-refractivity contribution >= 4 is 35.5 Å². The Balaban J connectivity index is 1.62. The van der Waals surface area contributed by atoms with Crippen LogP contribution in [0.4, 0.5) is 0 Å². The van der Waals surface area contributed by atoms with Crippen LogP contribution < -0.4 is 0 Å². The molecule has 2 aromatic rings. The van der Waals surface area contributed by atoms with Gasteiger partial charge in [-0.15, -0.1) is 0 Å². The van der Waals surface area contributed by atoms with Crippen molar-refractivity contribution in [3.8, 4) is 0 Å². The van der Waals surface area contributed by atoms with Gasteiger partial charge in [-0.2, -0.15) is 0 Å². The zero-order valence-electron chi connectivity index (χ0n) is 14.6. The molecule has 0 unspecified atom stereocenters. The van der Waals surface area contributed by atoms with E-state index >= 15 is 0 Å². The van der Waals surface area contributed by atoms with Crippen LogP contribution in [0.5, 0.6) is 0 Å². The Hall–Kier alpha value is -2.91. The molecule has 1 aliphatic heterocycles. The predicted molar refractivity (Wildman–Crippen MR) is 106 cm³/mol. The lowest BCUT2D eigenvalue weighted by Crippen LogP contribution is -2.33. The first kappa shape index (κ1) is 19.8. The van der Waals surface area contributed by atoms with E-state index in [1.165, 1.54) is 6.34 Å². The third-order valence-corrected chi connectivity index (χ3v) is 4.36. The smallest absolute Gasteiger partial charge is 0.279 e. The van der Waals surface area contributed by atoms with Crippen molar-refractivity contribution in [3.63, 3.8) is 0 Å². The van der Waals surface area contributed by atoms with Gasteiger partial charge in [0.25, 0.3) is 5.96 Å².